The van der Waals surface area contributed by atoms with Crippen LogP contribution >= 0.6 is 0 Å². The van der Waals surface area contributed by atoms with Gasteiger partial charge in [0, 0.05) is 37.8 Å². The predicted molar refractivity (Wildman–Crippen MR) is 69.9 cm³/mol. The van der Waals surface area contributed by atoms with Crippen LogP contribution in [0.4, 0.5) is 0 Å². The first-order chi connectivity index (χ1) is 7.67. The van der Waals surface area contributed by atoms with Crippen molar-refractivity contribution in [2.45, 2.75) is 38.4 Å². The van der Waals surface area contributed by atoms with Gasteiger partial charge in [-0.2, -0.15) is 0 Å². The highest BCUT2D eigenvalue weighted by atomic mass is 15.2. The van der Waals surface area contributed by atoms with E-state index in [2.05, 4.69) is 34.7 Å². The summed E-state index contributed by atoms with van der Waals surface area (Å²) in [5.74, 6) is 0. The van der Waals surface area contributed by atoms with E-state index >= 15 is 0 Å². The summed E-state index contributed by atoms with van der Waals surface area (Å²) < 4.78 is 0. The smallest absolute Gasteiger partial charge is 0.0234 e. The second-order valence-electron chi connectivity index (χ2n) is 4.98. The molecule has 0 aromatic rings. The molecular formula is C12H28N4. The zero-order valence-corrected chi connectivity index (χ0v) is 11.2. The van der Waals surface area contributed by atoms with E-state index in [1.165, 1.54) is 13.0 Å². The molecule has 0 bridgehead atoms. The molecule has 96 valence electrons. The number of hydrogen-bond acceptors (Lipinski definition) is 4. The Hall–Kier alpha value is -0.160. The lowest BCUT2D eigenvalue weighted by atomic mass is 10.1. The van der Waals surface area contributed by atoms with Gasteiger partial charge in [0.15, 0.2) is 0 Å². The lowest BCUT2D eigenvalue weighted by Crippen LogP contribution is -2.49. The molecule has 0 aromatic heterocycles. The summed E-state index contributed by atoms with van der Waals surface area (Å²) in [6, 6.07) is 1.83. The maximum atomic E-state index is 3.45. The Labute approximate surface area is 100 Å². The largest absolute Gasteiger partial charge is 0.316 e. The van der Waals surface area contributed by atoms with Crippen molar-refractivity contribution in [1.29, 1.82) is 0 Å². The second kappa shape index (κ2) is 7.22. The third kappa shape index (κ3) is 4.37. The molecule has 4 heteroatoms. The summed E-state index contributed by atoms with van der Waals surface area (Å²) in [5, 5.41) is 10.1. The summed E-state index contributed by atoms with van der Waals surface area (Å²) >= 11 is 0. The van der Waals surface area contributed by atoms with E-state index in [9.17, 15) is 0 Å². The van der Waals surface area contributed by atoms with Gasteiger partial charge in [0.1, 0.15) is 0 Å². The third-order valence-electron chi connectivity index (χ3n) is 3.55. The SMILES string of the molecule is CNC(C)CN(CC(C)NC)[C@H]1CCNC1. The van der Waals surface area contributed by atoms with Crippen LogP contribution in [0.15, 0.2) is 0 Å². The van der Waals surface area contributed by atoms with Crippen molar-refractivity contribution in [2.75, 3.05) is 40.3 Å². The zero-order valence-electron chi connectivity index (χ0n) is 11.2. The van der Waals surface area contributed by atoms with Gasteiger partial charge in [-0.25, -0.2) is 0 Å². The highest BCUT2D eigenvalue weighted by molar-refractivity contribution is 4.84. The number of hydrogen-bond donors (Lipinski definition) is 3. The molecule has 3 atom stereocenters. The minimum absolute atomic E-state index is 0.560. The van der Waals surface area contributed by atoms with Gasteiger partial charge >= 0.3 is 0 Å². The lowest BCUT2D eigenvalue weighted by molar-refractivity contribution is 0.177. The van der Waals surface area contributed by atoms with Gasteiger partial charge in [-0.05, 0) is 40.9 Å². The van der Waals surface area contributed by atoms with Crippen LogP contribution in [0.5, 0.6) is 0 Å². The van der Waals surface area contributed by atoms with Crippen molar-refractivity contribution in [3.05, 3.63) is 0 Å². The molecule has 1 fully saturated rings. The predicted octanol–water partition coefficient (Wildman–Crippen LogP) is -0.134. The number of nitrogens with zero attached hydrogens (tertiary/aromatic N) is 1. The van der Waals surface area contributed by atoms with Gasteiger partial charge in [0.25, 0.3) is 0 Å². The van der Waals surface area contributed by atoms with Crippen molar-refractivity contribution < 1.29 is 0 Å². The summed E-state index contributed by atoms with van der Waals surface area (Å²) in [5.41, 5.74) is 0. The van der Waals surface area contributed by atoms with Crippen molar-refractivity contribution in [3.8, 4) is 0 Å². The van der Waals surface area contributed by atoms with Crippen molar-refractivity contribution in [3.63, 3.8) is 0 Å². The van der Waals surface area contributed by atoms with Crippen LogP contribution < -0.4 is 16.0 Å². The van der Waals surface area contributed by atoms with Crippen LogP contribution in [0.3, 0.4) is 0 Å². The topological polar surface area (TPSA) is 39.3 Å². The summed E-state index contributed by atoms with van der Waals surface area (Å²) in [6.07, 6.45) is 1.28. The average molecular weight is 228 g/mol. The second-order valence-corrected chi connectivity index (χ2v) is 4.98. The molecule has 3 N–H and O–H groups in total. The maximum absolute atomic E-state index is 3.45. The van der Waals surface area contributed by atoms with Crippen LogP contribution in [0.2, 0.25) is 0 Å². The van der Waals surface area contributed by atoms with Gasteiger partial charge in [-0.3, -0.25) is 4.90 Å². The molecule has 1 heterocycles. The summed E-state index contributed by atoms with van der Waals surface area (Å²) in [6.45, 7) is 9.08. The van der Waals surface area contributed by atoms with E-state index in [1.807, 2.05) is 14.1 Å². The molecule has 1 aliphatic rings. The van der Waals surface area contributed by atoms with E-state index in [0.717, 1.165) is 19.6 Å². The Morgan fingerprint density at radius 2 is 1.75 bits per heavy atom. The molecule has 1 saturated heterocycles. The number of nitrogens with one attached hydrogen (secondary N) is 3. The molecule has 0 aliphatic carbocycles. The number of likely N-dealkylation sites (N-methyl/N-ethyl adjacent to an activating group) is 2. The van der Waals surface area contributed by atoms with Gasteiger partial charge in [-0.1, -0.05) is 0 Å². The van der Waals surface area contributed by atoms with E-state index in [-0.39, 0.29) is 0 Å². The van der Waals surface area contributed by atoms with Crippen molar-refractivity contribution in [1.82, 2.24) is 20.9 Å². The quantitative estimate of drug-likeness (QED) is 0.567. The molecule has 0 aromatic carbocycles. The zero-order chi connectivity index (χ0) is 12.0. The Balaban J connectivity index is 2.46. The fourth-order valence-corrected chi connectivity index (χ4v) is 2.21. The Morgan fingerprint density at radius 3 is 2.12 bits per heavy atom. The van der Waals surface area contributed by atoms with E-state index in [4.69, 9.17) is 0 Å². The minimum Gasteiger partial charge on any atom is -0.316 e. The van der Waals surface area contributed by atoms with Gasteiger partial charge < -0.3 is 16.0 Å². The van der Waals surface area contributed by atoms with Gasteiger partial charge in [0.05, 0.1) is 0 Å². The first kappa shape index (κ1) is 13.9. The molecular weight excluding hydrogens is 200 g/mol. The molecule has 16 heavy (non-hydrogen) atoms. The maximum Gasteiger partial charge on any atom is 0.0234 e. The van der Waals surface area contributed by atoms with Crippen LogP contribution in [0, 0.1) is 0 Å². The Kier molecular flexibility index (Phi) is 6.28. The summed E-state index contributed by atoms with van der Waals surface area (Å²) in [4.78, 5) is 2.61. The molecule has 1 aliphatic heterocycles. The van der Waals surface area contributed by atoms with Crippen LogP contribution in [0.1, 0.15) is 20.3 Å². The molecule has 4 nitrogen and oxygen atoms in total. The third-order valence-corrected chi connectivity index (χ3v) is 3.55. The number of rotatable bonds is 7. The van der Waals surface area contributed by atoms with Crippen molar-refractivity contribution >= 4 is 0 Å². The van der Waals surface area contributed by atoms with E-state index < -0.39 is 0 Å². The van der Waals surface area contributed by atoms with Gasteiger partial charge in [-0.15, -0.1) is 0 Å². The fourth-order valence-electron chi connectivity index (χ4n) is 2.21. The lowest BCUT2D eigenvalue weighted by Gasteiger charge is -2.32. The summed E-state index contributed by atoms with van der Waals surface area (Å²) in [7, 11) is 4.08. The van der Waals surface area contributed by atoms with Crippen LogP contribution in [0.25, 0.3) is 0 Å². The molecule has 0 spiro atoms. The molecule has 2 unspecified atom stereocenters. The molecule has 1 rings (SSSR count). The highest BCUT2D eigenvalue weighted by Crippen LogP contribution is 2.09. The first-order valence-electron chi connectivity index (χ1n) is 6.46. The Morgan fingerprint density at radius 1 is 1.19 bits per heavy atom. The molecule has 0 amide bonds. The van der Waals surface area contributed by atoms with Crippen LogP contribution in [-0.4, -0.2) is 63.3 Å². The average Bonchev–Trinajstić information content (AvgIpc) is 2.81. The standard InChI is InChI=1S/C12H28N4/c1-10(13-3)8-16(9-11(2)14-4)12-5-6-15-7-12/h10-15H,5-9H2,1-4H3/t10?,11?,12-/m0/s1. The molecule has 0 saturated carbocycles. The normalized spacial score (nSPS) is 24.9. The molecule has 0 radical (unpaired) electrons. The Bertz CT molecular complexity index is 168. The highest BCUT2D eigenvalue weighted by Gasteiger charge is 2.24. The fraction of sp³-hybridized carbons (Fsp3) is 1.00. The van der Waals surface area contributed by atoms with E-state index in [1.54, 1.807) is 0 Å². The van der Waals surface area contributed by atoms with Crippen molar-refractivity contribution in [2.24, 2.45) is 0 Å². The monoisotopic (exact) mass is 228 g/mol. The first-order valence-corrected chi connectivity index (χ1v) is 6.46. The van der Waals surface area contributed by atoms with E-state index in [0.29, 0.717) is 18.1 Å². The van der Waals surface area contributed by atoms with Gasteiger partial charge in [0.2, 0.25) is 0 Å². The van der Waals surface area contributed by atoms with Crippen LogP contribution in [-0.2, 0) is 0 Å². The minimum atomic E-state index is 0.560.